The van der Waals surface area contributed by atoms with E-state index in [0.717, 1.165) is 6.42 Å². The van der Waals surface area contributed by atoms with Crippen LogP contribution in [0, 0.1) is 5.92 Å². The summed E-state index contributed by atoms with van der Waals surface area (Å²) in [4.78, 5) is 11.1. The lowest BCUT2D eigenvalue weighted by atomic mass is 9.91. The molecule has 1 aliphatic carbocycles. The Kier molecular flexibility index (Phi) is 5.76. The van der Waals surface area contributed by atoms with Gasteiger partial charge in [-0.2, -0.15) is 0 Å². The molecule has 0 heterocycles. The molecule has 4 atom stereocenters. The number of rotatable bonds is 6. The van der Waals surface area contributed by atoms with E-state index in [9.17, 15) is 4.79 Å². The number of allylic oxidation sites excluding steroid dienone is 2. The zero-order valence-corrected chi connectivity index (χ0v) is 11.9. The van der Waals surface area contributed by atoms with Crippen LogP contribution < -0.4 is 11.1 Å². The minimum atomic E-state index is 0.0520. The van der Waals surface area contributed by atoms with Gasteiger partial charge in [0.05, 0.1) is 0 Å². The van der Waals surface area contributed by atoms with Crippen molar-refractivity contribution in [2.45, 2.75) is 58.7 Å². The maximum atomic E-state index is 11.1. The first-order chi connectivity index (χ1) is 8.40. The molecule has 3 heteroatoms. The third-order valence-corrected chi connectivity index (χ3v) is 3.52. The van der Waals surface area contributed by atoms with Crippen molar-refractivity contribution in [3.63, 3.8) is 0 Å². The third-order valence-electron chi connectivity index (χ3n) is 3.52. The van der Waals surface area contributed by atoms with Gasteiger partial charge in [-0.25, -0.2) is 0 Å². The molecular weight excluding hydrogens is 224 g/mol. The smallest absolute Gasteiger partial charge is 0.129 e. The first kappa shape index (κ1) is 15.1. The number of ketones is 1. The number of Topliss-reactive ketones (excluding diaryl/α,β-unsaturated/α-hetero) is 1. The standard InChI is InChI=1S/C15H26N2O/c1-10-5-6-11(2)15(9-10)17-14(13(4)16)8-7-12(3)18/h5-6,9,11,13-15,17H,7-8,16H2,1-4H3. The van der Waals surface area contributed by atoms with E-state index < -0.39 is 0 Å². The van der Waals surface area contributed by atoms with Crippen molar-refractivity contribution in [1.82, 2.24) is 5.32 Å². The van der Waals surface area contributed by atoms with Crippen LogP contribution in [-0.4, -0.2) is 23.9 Å². The van der Waals surface area contributed by atoms with Gasteiger partial charge in [-0.05, 0) is 33.1 Å². The van der Waals surface area contributed by atoms with Crippen molar-refractivity contribution < 1.29 is 4.79 Å². The van der Waals surface area contributed by atoms with Gasteiger partial charge in [-0.3, -0.25) is 0 Å². The van der Waals surface area contributed by atoms with Crippen molar-refractivity contribution in [3.8, 4) is 0 Å². The predicted molar refractivity (Wildman–Crippen MR) is 76.3 cm³/mol. The van der Waals surface area contributed by atoms with Gasteiger partial charge in [-0.1, -0.05) is 30.7 Å². The van der Waals surface area contributed by atoms with Crippen LogP contribution in [0.5, 0.6) is 0 Å². The monoisotopic (exact) mass is 250 g/mol. The van der Waals surface area contributed by atoms with Crippen LogP contribution in [0.2, 0.25) is 0 Å². The van der Waals surface area contributed by atoms with Gasteiger partial charge < -0.3 is 15.8 Å². The number of hydrogen-bond acceptors (Lipinski definition) is 3. The zero-order chi connectivity index (χ0) is 13.7. The Morgan fingerprint density at radius 1 is 1.56 bits per heavy atom. The second kappa shape index (κ2) is 6.86. The molecule has 0 aromatic carbocycles. The largest absolute Gasteiger partial charge is 0.327 e. The minimum absolute atomic E-state index is 0.0520. The number of carbonyl (C=O) groups is 1. The zero-order valence-electron chi connectivity index (χ0n) is 11.9. The van der Waals surface area contributed by atoms with E-state index in [0.29, 0.717) is 18.4 Å². The summed E-state index contributed by atoms with van der Waals surface area (Å²) < 4.78 is 0. The minimum Gasteiger partial charge on any atom is -0.327 e. The maximum Gasteiger partial charge on any atom is 0.129 e. The highest BCUT2D eigenvalue weighted by molar-refractivity contribution is 5.75. The van der Waals surface area contributed by atoms with Crippen LogP contribution in [0.25, 0.3) is 0 Å². The van der Waals surface area contributed by atoms with E-state index in [2.05, 4.69) is 37.4 Å². The molecule has 0 aromatic rings. The van der Waals surface area contributed by atoms with E-state index >= 15 is 0 Å². The highest BCUT2D eigenvalue weighted by Gasteiger charge is 2.22. The Hall–Kier alpha value is -0.930. The number of nitrogens with one attached hydrogen (secondary N) is 1. The summed E-state index contributed by atoms with van der Waals surface area (Å²) in [5.74, 6) is 0.693. The highest BCUT2D eigenvalue weighted by Crippen LogP contribution is 2.18. The molecule has 0 bridgehead atoms. The fourth-order valence-electron chi connectivity index (χ4n) is 2.22. The molecule has 102 valence electrons. The van der Waals surface area contributed by atoms with Crippen LogP contribution in [0.3, 0.4) is 0 Å². The molecule has 0 spiro atoms. The molecule has 4 unspecified atom stereocenters. The van der Waals surface area contributed by atoms with E-state index in [1.54, 1.807) is 6.92 Å². The molecule has 0 aliphatic heterocycles. The van der Waals surface area contributed by atoms with Gasteiger partial charge in [-0.15, -0.1) is 0 Å². The molecular formula is C15H26N2O. The second-order valence-corrected chi connectivity index (χ2v) is 5.53. The average Bonchev–Trinajstić information content (AvgIpc) is 2.28. The van der Waals surface area contributed by atoms with Gasteiger partial charge >= 0.3 is 0 Å². The molecule has 18 heavy (non-hydrogen) atoms. The Labute approximate surface area is 111 Å². The SMILES string of the molecule is CC(=O)CCC(NC1C=C(C)C=CC1C)C(C)N. The predicted octanol–water partition coefficient (Wildman–Crippen LogP) is 2.18. The third kappa shape index (κ3) is 4.75. The molecule has 0 aromatic heterocycles. The molecule has 3 nitrogen and oxygen atoms in total. The Balaban J connectivity index is 2.60. The van der Waals surface area contributed by atoms with E-state index in [-0.39, 0.29) is 17.9 Å². The van der Waals surface area contributed by atoms with Gasteiger partial charge in [0, 0.05) is 24.5 Å². The quantitative estimate of drug-likeness (QED) is 0.759. The van der Waals surface area contributed by atoms with Crippen LogP contribution in [0.15, 0.2) is 23.8 Å². The Bertz CT molecular complexity index is 344. The van der Waals surface area contributed by atoms with Crippen molar-refractivity contribution >= 4 is 5.78 Å². The summed E-state index contributed by atoms with van der Waals surface area (Å²) in [6.07, 6.45) is 8.02. The van der Waals surface area contributed by atoms with Crippen molar-refractivity contribution in [2.75, 3.05) is 0 Å². The van der Waals surface area contributed by atoms with E-state index in [4.69, 9.17) is 5.73 Å². The molecule has 0 radical (unpaired) electrons. The first-order valence-electron chi connectivity index (χ1n) is 6.78. The second-order valence-electron chi connectivity index (χ2n) is 5.53. The lowest BCUT2D eigenvalue weighted by molar-refractivity contribution is -0.117. The number of nitrogens with two attached hydrogens (primary N) is 1. The number of hydrogen-bond donors (Lipinski definition) is 2. The van der Waals surface area contributed by atoms with Crippen LogP contribution >= 0.6 is 0 Å². The Morgan fingerprint density at radius 2 is 2.22 bits per heavy atom. The Morgan fingerprint density at radius 3 is 2.78 bits per heavy atom. The van der Waals surface area contributed by atoms with Gasteiger partial charge in [0.2, 0.25) is 0 Å². The summed E-state index contributed by atoms with van der Waals surface area (Å²) in [6.45, 7) is 7.93. The molecule has 0 amide bonds. The van der Waals surface area contributed by atoms with Crippen molar-refractivity contribution in [2.24, 2.45) is 11.7 Å². The van der Waals surface area contributed by atoms with Gasteiger partial charge in [0.15, 0.2) is 0 Å². The fourth-order valence-corrected chi connectivity index (χ4v) is 2.22. The summed E-state index contributed by atoms with van der Waals surface area (Å²) in [7, 11) is 0. The first-order valence-corrected chi connectivity index (χ1v) is 6.78. The molecule has 0 fully saturated rings. The summed E-state index contributed by atoms with van der Waals surface area (Å²) in [6, 6.07) is 0.561. The summed E-state index contributed by atoms with van der Waals surface area (Å²) in [5.41, 5.74) is 7.29. The van der Waals surface area contributed by atoms with Crippen molar-refractivity contribution in [1.29, 1.82) is 0 Å². The summed E-state index contributed by atoms with van der Waals surface area (Å²) in [5, 5.41) is 3.59. The average molecular weight is 250 g/mol. The van der Waals surface area contributed by atoms with Crippen LogP contribution in [0.4, 0.5) is 0 Å². The molecule has 3 N–H and O–H groups in total. The van der Waals surface area contributed by atoms with E-state index in [1.165, 1.54) is 5.57 Å². The highest BCUT2D eigenvalue weighted by atomic mass is 16.1. The summed E-state index contributed by atoms with van der Waals surface area (Å²) >= 11 is 0. The normalized spacial score (nSPS) is 26.6. The molecule has 1 aliphatic rings. The lowest BCUT2D eigenvalue weighted by Gasteiger charge is -2.31. The topological polar surface area (TPSA) is 55.1 Å². The van der Waals surface area contributed by atoms with Crippen LogP contribution in [0.1, 0.15) is 40.5 Å². The molecule has 1 rings (SSSR count). The lowest BCUT2D eigenvalue weighted by Crippen LogP contribution is -2.49. The van der Waals surface area contributed by atoms with E-state index in [1.807, 2.05) is 6.92 Å². The maximum absolute atomic E-state index is 11.1. The molecule has 0 saturated carbocycles. The van der Waals surface area contributed by atoms with Gasteiger partial charge in [0.25, 0.3) is 0 Å². The molecule has 0 saturated heterocycles. The van der Waals surface area contributed by atoms with Crippen molar-refractivity contribution in [3.05, 3.63) is 23.8 Å². The number of carbonyl (C=O) groups excluding carboxylic acids is 1. The fraction of sp³-hybridized carbons (Fsp3) is 0.667. The van der Waals surface area contributed by atoms with Gasteiger partial charge in [0.1, 0.15) is 5.78 Å². The van der Waals surface area contributed by atoms with Crippen LogP contribution in [-0.2, 0) is 4.79 Å².